The van der Waals surface area contributed by atoms with Crippen molar-refractivity contribution in [1.82, 2.24) is 15.5 Å². The Morgan fingerprint density at radius 1 is 1.23 bits per heavy atom. The van der Waals surface area contributed by atoms with Crippen molar-refractivity contribution < 1.29 is 9.53 Å². The topological polar surface area (TPSA) is 53.6 Å². The van der Waals surface area contributed by atoms with Crippen LogP contribution in [0.25, 0.3) is 0 Å². The van der Waals surface area contributed by atoms with Gasteiger partial charge in [-0.15, -0.1) is 0 Å². The number of hydrogen-bond donors (Lipinski definition) is 2. The van der Waals surface area contributed by atoms with E-state index in [1.165, 1.54) is 29.5 Å². The summed E-state index contributed by atoms with van der Waals surface area (Å²) < 4.78 is 5.76. The molecule has 1 aliphatic rings. The van der Waals surface area contributed by atoms with E-state index in [1.807, 2.05) is 20.2 Å². The number of ether oxygens (including phenoxy) is 1. The van der Waals surface area contributed by atoms with Gasteiger partial charge in [0.25, 0.3) is 0 Å². The van der Waals surface area contributed by atoms with Gasteiger partial charge in [0, 0.05) is 6.54 Å². The summed E-state index contributed by atoms with van der Waals surface area (Å²) in [5.74, 6) is 0.887. The maximum absolute atomic E-state index is 12.0. The van der Waals surface area contributed by atoms with Gasteiger partial charge in [-0.05, 0) is 79.0 Å². The molecule has 140 valence electrons. The second kappa shape index (κ2) is 9.05. The number of urea groups is 1. The van der Waals surface area contributed by atoms with Crippen molar-refractivity contribution in [3.8, 4) is 5.75 Å². The number of thiophene rings is 1. The lowest BCUT2D eigenvalue weighted by molar-refractivity contribution is 0.229. The number of hydrogen-bond acceptors (Lipinski definition) is 4. The summed E-state index contributed by atoms with van der Waals surface area (Å²) in [7, 11) is 4.04. The van der Waals surface area contributed by atoms with E-state index in [0.717, 1.165) is 12.2 Å². The standard InChI is InChI=1S/C20H27N3O2S/c1-23(2)19(17-8-11-26-14-17)13-22-20(24)21-9-10-25-18-7-6-15-4-3-5-16(15)12-18/h6-8,11-12,14,19H,3-5,9-10,13H2,1-2H3,(H2,21,22,24). The van der Waals surface area contributed by atoms with Crippen LogP contribution in [-0.2, 0) is 12.8 Å². The highest BCUT2D eigenvalue weighted by Crippen LogP contribution is 2.25. The molecule has 1 aliphatic carbocycles. The SMILES string of the molecule is CN(C)C(CNC(=O)NCCOc1ccc2c(c1)CCC2)c1ccsc1. The molecule has 2 aromatic rings. The molecule has 1 heterocycles. The van der Waals surface area contributed by atoms with E-state index in [-0.39, 0.29) is 12.1 Å². The smallest absolute Gasteiger partial charge is 0.314 e. The minimum Gasteiger partial charge on any atom is -0.492 e. The molecule has 1 aromatic heterocycles. The molecule has 0 radical (unpaired) electrons. The number of nitrogens with one attached hydrogen (secondary N) is 2. The number of carbonyl (C=O) groups is 1. The fraction of sp³-hybridized carbons (Fsp3) is 0.450. The fourth-order valence-corrected chi connectivity index (χ4v) is 3.99. The van der Waals surface area contributed by atoms with E-state index in [4.69, 9.17) is 4.74 Å². The number of nitrogens with zero attached hydrogens (tertiary/aromatic N) is 1. The van der Waals surface area contributed by atoms with Crippen molar-refractivity contribution in [2.75, 3.05) is 33.8 Å². The molecule has 0 aliphatic heterocycles. The molecule has 0 fully saturated rings. The molecule has 3 rings (SSSR count). The van der Waals surface area contributed by atoms with Gasteiger partial charge in [0.05, 0.1) is 12.6 Å². The highest BCUT2D eigenvalue weighted by Gasteiger charge is 2.15. The van der Waals surface area contributed by atoms with Gasteiger partial charge in [-0.3, -0.25) is 0 Å². The van der Waals surface area contributed by atoms with Crippen molar-refractivity contribution in [1.29, 1.82) is 0 Å². The normalized spacial score (nSPS) is 14.1. The molecule has 0 spiro atoms. The maximum atomic E-state index is 12.0. The van der Waals surface area contributed by atoms with Gasteiger partial charge in [0.2, 0.25) is 0 Å². The van der Waals surface area contributed by atoms with Crippen LogP contribution >= 0.6 is 11.3 Å². The molecule has 0 saturated carbocycles. The summed E-state index contributed by atoms with van der Waals surface area (Å²) in [6.07, 6.45) is 3.56. The first-order valence-corrected chi connectivity index (χ1v) is 10.0. The summed E-state index contributed by atoms with van der Waals surface area (Å²) in [5.41, 5.74) is 4.06. The third-order valence-corrected chi connectivity index (χ3v) is 5.44. The number of carbonyl (C=O) groups excluding carboxylic acids is 1. The second-order valence-electron chi connectivity index (χ2n) is 6.81. The Kier molecular flexibility index (Phi) is 6.52. The van der Waals surface area contributed by atoms with Gasteiger partial charge in [0.1, 0.15) is 12.4 Å². The largest absolute Gasteiger partial charge is 0.492 e. The molecular formula is C20H27N3O2S. The van der Waals surface area contributed by atoms with E-state index in [0.29, 0.717) is 19.7 Å². The molecule has 1 unspecified atom stereocenters. The number of likely N-dealkylation sites (N-methyl/N-ethyl adjacent to an activating group) is 1. The lowest BCUT2D eigenvalue weighted by Gasteiger charge is -2.24. The van der Waals surface area contributed by atoms with Gasteiger partial charge in [-0.1, -0.05) is 6.07 Å². The van der Waals surface area contributed by atoms with Crippen molar-refractivity contribution in [3.63, 3.8) is 0 Å². The molecule has 2 N–H and O–H groups in total. The number of rotatable bonds is 8. The average molecular weight is 374 g/mol. The molecule has 0 saturated heterocycles. The first kappa shape index (κ1) is 18.7. The van der Waals surface area contributed by atoms with Gasteiger partial charge < -0.3 is 20.3 Å². The summed E-state index contributed by atoms with van der Waals surface area (Å²) in [5, 5.41) is 9.97. The lowest BCUT2D eigenvalue weighted by atomic mass is 10.1. The fourth-order valence-electron chi connectivity index (χ4n) is 3.29. The Labute approximate surface area is 159 Å². The van der Waals surface area contributed by atoms with Crippen LogP contribution in [0.2, 0.25) is 0 Å². The minimum absolute atomic E-state index is 0.162. The number of amides is 2. The Balaban J connectivity index is 1.36. The maximum Gasteiger partial charge on any atom is 0.314 e. The third-order valence-electron chi connectivity index (χ3n) is 4.73. The van der Waals surface area contributed by atoms with Crippen LogP contribution in [-0.4, -0.2) is 44.7 Å². The monoisotopic (exact) mass is 373 g/mol. The van der Waals surface area contributed by atoms with Gasteiger partial charge in [-0.2, -0.15) is 11.3 Å². The van der Waals surface area contributed by atoms with Crippen LogP contribution in [0.5, 0.6) is 5.75 Å². The van der Waals surface area contributed by atoms with Crippen molar-refractivity contribution >= 4 is 17.4 Å². The molecular weight excluding hydrogens is 346 g/mol. The third kappa shape index (κ3) is 4.99. The van der Waals surface area contributed by atoms with E-state index >= 15 is 0 Å². The highest BCUT2D eigenvalue weighted by molar-refractivity contribution is 7.07. The summed E-state index contributed by atoms with van der Waals surface area (Å²) >= 11 is 1.67. The second-order valence-corrected chi connectivity index (χ2v) is 7.59. The molecule has 1 aromatic carbocycles. The van der Waals surface area contributed by atoms with Crippen molar-refractivity contribution in [2.24, 2.45) is 0 Å². The Hall–Kier alpha value is -2.05. The molecule has 5 nitrogen and oxygen atoms in total. The van der Waals surface area contributed by atoms with E-state index < -0.39 is 0 Å². The average Bonchev–Trinajstić information content (AvgIpc) is 3.30. The zero-order valence-electron chi connectivity index (χ0n) is 15.5. The molecule has 1 atom stereocenters. The Morgan fingerprint density at radius 3 is 2.85 bits per heavy atom. The number of benzene rings is 1. The zero-order chi connectivity index (χ0) is 18.4. The van der Waals surface area contributed by atoms with Crippen LogP contribution < -0.4 is 15.4 Å². The van der Waals surface area contributed by atoms with Gasteiger partial charge >= 0.3 is 6.03 Å². The Morgan fingerprint density at radius 2 is 2.08 bits per heavy atom. The summed E-state index contributed by atoms with van der Waals surface area (Å²) in [6, 6.07) is 8.42. The molecule has 6 heteroatoms. The predicted molar refractivity (Wildman–Crippen MR) is 106 cm³/mol. The van der Waals surface area contributed by atoms with E-state index in [2.05, 4.69) is 44.5 Å². The molecule has 2 amide bonds. The summed E-state index contributed by atoms with van der Waals surface area (Å²) in [6.45, 7) is 1.52. The number of fused-ring (bicyclic) bond motifs is 1. The zero-order valence-corrected chi connectivity index (χ0v) is 16.3. The van der Waals surface area contributed by atoms with Crippen molar-refractivity contribution in [2.45, 2.75) is 25.3 Å². The van der Waals surface area contributed by atoms with Crippen LogP contribution in [0.15, 0.2) is 35.0 Å². The minimum atomic E-state index is -0.162. The predicted octanol–water partition coefficient (Wildman–Crippen LogP) is 3.22. The highest BCUT2D eigenvalue weighted by atomic mass is 32.1. The van der Waals surface area contributed by atoms with Crippen LogP contribution in [0.4, 0.5) is 4.79 Å². The first-order chi connectivity index (χ1) is 12.6. The quantitative estimate of drug-likeness (QED) is 0.699. The summed E-state index contributed by atoms with van der Waals surface area (Å²) in [4.78, 5) is 14.1. The van der Waals surface area contributed by atoms with E-state index in [9.17, 15) is 4.79 Å². The van der Waals surface area contributed by atoms with E-state index in [1.54, 1.807) is 11.3 Å². The van der Waals surface area contributed by atoms with Gasteiger partial charge in [-0.25, -0.2) is 4.79 Å². The first-order valence-electron chi connectivity index (χ1n) is 9.08. The molecule has 0 bridgehead atoms. The Bertz CT molecular complexity index is 716. The van der Waals surface area contributed by atoms with Crippen LogP contribution in [0, 0.1) is 0 Å². The van der Waals surface area contributed by atoms with Crippen molar-refractivity contribution in [3.05, 3.63) is 51.7 Å². The van der Waals surface area contributed by atoms with Gasteiger partial charge in [0.15, 0.2) is 0 Å². The number of aryl methyl sites for hydroxylation is 2. The lowest BCUT2D eigenvalue weighted by Crippen LogP contribution is -2.41. The van der Waals surface area contributed by atoms with Crippen LogP contribution in [0.1, 0.15) is 29.2 Å². The molecule has 26 heavy (non-hydrogen) atoms. The van der Waals surface area contributed by atoms with Crippen LogP contribution in [0.3, 0.4) is 0 Å².